The molecule has 5 aliphatic rings. The second-order valence-corrected chi connectivity index (χ2v) is 19.9. The Morgan fingerprint density at radius 1 is 1.00 bits per heavy atom. The molecule has 0 aliphatic heterocycles. The minimum atomic E-state index is -1.19. The number of ether oxygens (including phenoxy) is 1. The molecule has 11 heteroatoms. The van der Waals surface area contributed by atoms with Crippen molar-refractivity contribution in [1.29, 1.82) is 5.26 Å². The van der Waals surface area contributed by atoms with Crippen LogP contribution in [0.1, 0.15) is 144 Å². The number of aliphatic hydroxyl groups excluding tert-OH is 1. The lowest BCUT2D eigenvalue weighted by Crippen LogP contribution is -2.66. The lowest BCUT2D eigenvalue weighted by atomic mass is 9.33. The van der Waals surface area contributed by atoms with E-state index in [-0.39, 0.29) is 70.0 Å². The Balaban J connectivity index is 1.19. The van der Waals surface area contributed by atoms with Gasteiger partial charge in [-0.15, -0.1) is 10.2 Å². The monoisotopic (exact) mass is 754 g/mol. The number of nitriles is 1. The van der Waals surface area contributed by atoms with Crippen LogP contribution in [0.25, 0.3) is 11.6 Å². The first-order valence-corrected chi connectivity index (χ1v) is 20.2. The smallest absolute Gasteiger partial charge is 0.309 e. The van der Waals surface area contributed by atoms with Gasteiger partial charge < -0.3 is 19.4 Å². The molecule has 2 heterocycles. The maximum absolute atomic E-state index is 14.1. The minimum absolute atomic E-state index is 0.00124. The third-order valence-electron chi connectivity index (χ3n) is 16.2. The van der Waals surface area contributed by atoms with Crippen molar-refractivity contribution < 1.29 is 33.8 Å². The van der Waals surface area contributed by atoms with Crippen LogP contribution in [0.2, 0.25) is 0 Å². The number of carbonyl (C=O) groups is 3. The summed E-state index contributed by atoms with van der Waals surface area (Å²) >= 11 is 0. The fraction of sp³-hybridized carbons (Fsp3) is 0.705. The number of hydrogen-bond acceptors (Lipinski definition) is 10. The van der Waals surface area contributed by atoms with E-state index in [2.05, 4.69) is 69.7 Å². The van der Waals surface area contributed by atoms with E-state index in [0.29, 0.717) is 29.5 Å². The van der Waals surface area contributed by atoms with E-state index in [1.54, 1.807) is 26.0 Å². The number of ketones is 1. The molecular formula is C44H58N4O7. The van der Waals surface area contributed by atoms with Crippen molar-refractivity contribution in [2.24, 2.45) is 56.2 Å². The molecule has 1 unspecified atom stereocenters. The highest BCUT2D eigenvalue weighted by Crippen LogP contribution is 2.77. The Bertz CT molecular complexity index is 1970. The first-order chi connectivity index (χ1) is 25.7. The summed E-state index contributed by atoms with van der Waals surface area (Å²) in [4.78, 5) is 43.3. The Kier molecular flexibility index (Phi) is 9.35. The molecule has 0 spiro atoms. The van der Waals surface area contributed by atoms with E-state index in [9.17, 15) is 29.9 Å². The van der Waals surface area contributed by atoms with Gasteiger partial charge in [0, 0.05) is 23.4 Å². The van der Waals surface area contributed by atoms with Crippen LogP contribution < -0.4 is 0 Å². The molecular weight excluding hydrogens is 697 g/mol. The number of aliphatic hydroxyl groups is 1. The molecule has 7 rings (SSSR count). The number of carboxylic acids is 1. The summed E-state index contributed by atoms with van der Waals surface area (Å²) in [6.07, 6.45) is 7.13. The van der Waals surface area contributed by atoms with Gasteiger partial charge in [0.15, 0.2) is 5.78 Å². The number of hydrogen-bond donors (Lipinski definition) is 2. The van der Waals surface area contributed by atoms with E-state index in [1.165, 1.54) is 6.20 Å². The van der Waals surface area contributed by atoms with Crippen molar-refractivity contribution >= 4 is 17.7 Å². The number of esters is 1. The summed E-state index contributed by atoms with van der Waals surface area (Å²) < 4.78 is 12.3. The summed E-state index contributed by atoms with van der Waals surface area (Å²) in [6, 6.07) is 5.33. The molecule has 2 aromatic heterocycles. The normalized spacial score (nSPS) is 35.9. The number of Topliss-reactive ketones (excluding diaryl/α,β-unsaturated/α-hetero) is 1. The summed E-state index contributed by atoms with van der Waals surface area (Å²) in [5.74, 6) is -0.280. The van der Waals surface area contributed by atoms with Crippen LogP contribution in [0, 0.1) is 67.5 Å². The molecule has 0 amide bonds. The van der Waals surface area contributed by atoms with E-state index < -0.39 is 28.9 Å². The fourth-order valence-corrected chi connectivity index (χ4v) is 13.1. The number of carbonyl (C=O) groups excluding carboxylic acids is 2. The third kappa shape index (κ3) is 5.74. The lowest BCUT2D eigenvalue weighted by molar-refractivity contribution is -0.235. The predicted molar refractivity (Wildman–Crippen MR) is 203 cm³/mol. The highest BCUT2D eigenvalue weighted by Gasteiger charge is 2.71. The molecule has 11 nitrogen and oxygen atoms in total. The molecule has 0 aromatic carbocycles. The number of rotatable bonds is 8. The van der Waals surface area contributed by atoms with Crippen molar-refractivity contribution in [3.05, 3.63) is 40.9 Å². The largest absolute Gasteiger partial charge is 0.481 e. The molecule has 296 valence electrons. The van der Waals surface area contributed by atoms with Crippen LogP contribution in [-0.4, -0.2) is 49.2 Å². The van der Waals surface area contributed by atoms with Gasteiger partial charge in [-0.1, -0.05) is 48.5 Å². The Labute approximate surface area is 324 Å². The topological polar surface area (TPSA) is 176 Å². The van der Waals surface area contributed by atoms with Crippen LogP contribution in [0.15, 0.2) is 33.9 Å². The van der Waals surface area contributed by atoms with Gasteiger partial charge in [-0.25, -0.2) is 4.98 Å². The van der Waals surface area contributed by atoms with Crippen molar-refractivity contribution in [1.82, 2.24) is 15.2 Å². The molecule has 9 atom stereocenters. The summed E-state index contributed by atoms with van der Waals surface area (Å²) in [7, 11) is 0. The molecule has 2 N–H and O–H groups in total. The van der Waals surface area contributed by atoms with Gasteiger partial charge in [-0.3, -0.25) is 14.4 Å². The van der Waals surface area contributed by atoms with E-state index in [1.807, 2.05) is 0 Å². The van der Waals surface area contributed by atoms with Crippen LogP contribution in [0.3, 0.4) is 0 Å². The zero-order chi connectivity index (χ0) is 40.1. The highest BCUT2D eigenvalue weighted by atomic mass is 16.5. The number of allylic oxidation sites excluding steroid dienone is 1. The van der Waals surface area contributed by atoms with E-state index in [0.717, 1.165) is 56.1 Å². The third-order valence-corrected chi connectivity index (χ3v) is 16.2. The zero-order valence-electron chi connectivity index (χ0n) is 34.0. The zero-order valence-corrected chi connectivity index (χ0v) is 34.0. The molecule has 4 saturated carbocycles. The first-order valence-electron chi connectivity index (χ1n) is 20.2. The van der Waals surface area contributed by atoms with Gasteiger partial charge in [0.1, 0.15) is 24.0 Å². The van der Waals surface area contributed by atoms with Gasteiger partial charge in [-0.2, -0.15) is 5.26 Å². The van der Waals surface area contributed by atoms with Gasteiger partial charge >= 0.3 is 11.9 Å². The second-order valence-electron chi connectivity index (χ2n) is 19.9. The first kappa shape index (κ1) is 39.3. The SMILES string of the molecule is CC(C)C1=C2[C@H]3CC[C@@H]4[C@@]5(C)CC[C@H](OC(=O)CC(C)(C)C(=O)O)C(C)(C)C5CC[C@@]4(C)[C@]3(C)CC[C@@]2([C@H](O)c2nnc(-c3ccc(C#N)cn3)o2)CC1=O. The van der Waals surface area contributed by atoms with Crippen molar-refractivity contribution in [2.45, 2.75) is 139 Å². The highest BCUT2D eigenvalue weighted by molar-refractivity contribution is 6.00. The number of fused-ring (bicyclic) bond motifs is 7. The van der Waals surface area contributed by atoms with Crippen molar-refractivity contribution in [3.63, 3.8) is 0 Å². The Hall–Kier alpha value is -3.91. The molecule has 55 heavy (non-hydrogen) atoms. The second kappa shape index (κ2) is 13.1. The Morgan fingerprint density at radius 3 is 2.36 bits per heavy atom. The number of pyridine rings is 1. The van der Waals surface area contributed by atoms with E-state index >= 15 is 0 Å². The maximum Gasteiger partial charge on any atom is 0.309 e. The van der Waals surface area contributed by atoms with Gasteiger partial charge in [0.2, 0.25) is 5.89 Å². The van der Waals surface area contributed by atoms with Crippen LogP contribution in [0.4, 0.5) is 0 Å². The number of carboxylic acid groups (broad SMARTS) is 1. The van der Waals surface area contributed by atoms with Crippen molar-refractivity contribution in [3.8, 4) is 17.7 Å². The standard InChI is InChI=1S/C44H58N4O7/c1-24(2)33-28(49)20-44(35(51)37-48-47-36(55-37)27-12-10-25(22-45)23-46-27)19-18-42(8)26(34(33)44)11-13-30-41(7)16-15-31(54-32(50)21-39(3,4)38(52)53)40(5,6)29(41)14-17-43(30,42)9/h10,12,23-24,26,29-31,35,51H,11,13-21H2,1-9H3,(H,52,53)/t26-,29?,30-,31+,35-,41+,42-,43-,44-/m1/s1. The minimum Gasteiger partial charge on any atom is -0.481 e. The van der Waals surface area contributed by atoms with Gasteiger partial charge in [0.05, 0.1) is 17.4 Å². The maximum atomic E-state index is 14.1. The van der Waals surface area contributed by atoms with Gasteiger partial charge in [-0.05, 0) is 128 Å². The number of nitrogens with zero attached hydrogens (tertiary/aromatic N) is 4. The quantitative estimate of drug-likeness (QED) is 0.247. The molecule has 0 radical (unpaired) electrons. The summed E-state index contributed by atoms with van der Waals surface area (Å²) in [6.45, 7) is 19.2. The lowest BCUT2D eigenvalue weighted by Gasteiger charge is -2.72. The molecule has 5 aliphatic carbocycles. The molecule has 0 bridgehead atoms. The van der Waals surface area contributed by atoms with Crippen LogP contribution in [-0.2, 0) is 19.1 Å². The summed E-state index contributed by atoms with van der Waals surface area (Å²) in [5, 5.41) is 39.7. The molecule has 4 fully saturated rings. The van der Waals surface area contributed by atoms with E-state index in [4.69, 9.17) is 9.15 Å². The Morgan fingerprint density at radius 2 is 1.73 bits per heavy atom. The average molecular weight is 755 g/mol. The van der Waals surface area contributed by atoms with Crippen molar-refractivity contribution in [2.75, 3.05) is 0 Å². The van der Waals surface area contributed by atoms with Crippen LogP contribution in [0.5, 0.6) is 0 Å². The molecule has 0 saturated heterocycles. The van der Waals surface area contributed by atoms with Gasteiger partial charge in [0.25, 0.3) is 5.89 Å². The fourth-order valence-electron chi connectivity index (χ4n) is 13.1. The predicted octanol–water partition coefficient (Wildman–Crippen LogP) is 8.43. The number of aliphatic carboxylic acids is 1. The number of aromatic nitrogens is 3. The summed E-state index contributed by atoms with van der Waals surface area (Å²) in [5.41, 5.74) is 0.306. The molecule has 2 aromatic rings. The average Bonchev–Trinajstić information content (AvgIpc) is 3.72. The van der Waals surface area contributed by atoms with Crippen LogP contribution >= 0.6 is 0 Å².